The van der Waals surface area contributed by atoms with Crippen LogP contribution in [0, 0.1) is 28.6 Å². The first kappa shape index (κ1) is 31.7. The minimum atomic E-state index is -2.40. The third-order valence-corrected chi connectivity index (χ3v) is 17.6. The van der Waals surface area contributed by atoms with Crippen LogP contribution in [0.5, 0.6) is 0 Å². The topological polar surface area (TPSA) is 82.8 Å². The van der Waals surface area contributed by atoms with Crippen LogP contribution < -0.4 is 0 Å². The van der Waals surface area contributed by atoms with Crippen molar-refractivity contribution in [3.8, 4) is 0 Å². The maximum absolute atomic E-state index is 14.1. The van der Waals surface area contributed by atoms with Crippen LogP contribution in [-0.4, -0.2) is 48.3 Å². The number of rotatable bonds is 6. The van der Waals surface area contributed by atoms with Gasteiger partial charge in [0.05, 0.1) is 28.7 Å². The monoisotopic (exact) mass is 634 g/mol. The van der Waals surface area contributed by atoms with Gasteiger partial charge in [-0.2, -0.15) is 0 Å². The first-order valence-corrected chi connectivity index (χ1v) is 18.9. The zero-order chi connectivity index (χ0) is 31.1. The van der Waals surface area contributed by atoms with Crippen molar-refractivity contribution in [1.82, 2.24) is 0 Å². The van der Waals surface area contributed by atoms with Gasteiger partial charge in [0.15, 0.2) is 25.5 Å². The molecule has 4 aliphatic rings. The van der Waals surface area contributed by atoms with Crippen LogP contribution in [0.2, 0.25) is 18.1 Å². The molecule has 1 heterocycles. The van der Waals surface area contributed by atoms with Gasteiger partial charge in [0.25, 0.3) is 0 Å². The molecule has 8 atom stereocenters. The van der Waals surface area contributed by atoms with E-state index in [0.29, 0.717) is 12.8 Å². The van der Waals surface area contributed by atoms with Gasteiger partial charge < -0.3 is 13.6 Å². The molecule has 3 saturated carbocycles. The number of fused-ring (bicyclic) bond motifs is 5. The van der Waals surface area contributed by atoms with Gasteiger partial charge in [-0.1, -0.05) is 53.2 Å². The van der Waals surface area contributed by atoms with Crippen LogP contribution in [0.4, 0.5) is 0 Å². The number of ether oxygens (including phenoxy) is 1. The summed E-state index contributed by atoms with van der Waals surface area (Å²) in [7, 11) is -2.40. The highest BCUT2D eigenvalue weighted by molar-refractivity contribution is 6.74. The lowest BCUT2D eigenvalue weighted by Gasteiger charge is -2.66. The Hall–Kier alpha value is -1.67. The molecule has 6 nitrogen and oxygen atoms in total. The Morgan fingerprint density at radius 2 is 1.88 bits per heavy atom. The molecular weight excluding hydrogens is 591 g/mol. The predicted molar refractivity (Wildman–Crippen MR) is 166 cm³/mol. The fraction of sp³-hybridized carbons (Fsp3) is 0.667. The summed E-state index contributed by atoms with van der Waals surface area (Å²) in [5.41, 5.74) is -1.58. The van der Waals surface area contributed by atoms with Gasteiger partial charge in [0.1, 0.15) is 6.26 Å². The van der Waals surface area contributed by atoms with Crippen LogP contribution in [-0.2, 0) is 18.8 Å². The minimum Gasteiger partial charge on any atom is -0.472 e. The van der Waals surface area contributed by atoms with Crippen LogP contribution >= 0.6 is 23.2 Å². The Balaban J connectivity index is 1.70. The Labute approximate surface area is 260 Å². The molecule has 0 radical (unpaired) electrons. The van der Waals surface area contributed by atoms with E-state index in [1.54, 1.807) is 18.2 Å². The second-order valence-corrected chi connectivity index (χ2v) is 20.6. The van der Waals surface area contributed by atoms with Crippen molar-refractivity contribution < 1.29 is 28.0 Å². The fourth-order valence-corrected chi connectivity index (χ4v) is 10.9. The van der Waals surface area contributed by atoms with Crippen molar-refractivity contribution in [2.75, 3.05) is 5.88 Å². The van der Waals surface area contributed by atoms with Gasteiger partial charge in [-0.15, -0.1) is 23.2 Å². The van der Waals surface area contributed by atoms with E-state index in [1.807, 2.05) is 13.0 Å². The van der Waals surface area contributed by atoms with Gasteiger partial charge in [-0.05, 0) is 73.9 Å². The fourth-order valence-electron chi connectivity index (χ4n) is 8.71. The summed E-state index contributed by atoms with van der Waals surface area (Å²) in [6.45, 7) is 17.2. The van der Waals surface area contributed by atoms with Crippen molar-refractivity contribution >= 4 is 49.1 Å². The van der Waals surface area contributed by atoms with E-state index in [2.05, 4.69) is 47.7 Å². The number of carbonyl (C=O) groups is 3. The Bertz CT molecular complexity index is 1340. The Morgan fingerprint density at radius 3 is 2.48 bits per heavy atom. The van der Waals surface area contributed by atoms with E-state index in [-0.39, 0.29) is 45.8 Å². The smallest absolute Gasteiger partial charge is 0.342 e. The molecule has 3 fully saturated rings. The second-order valence-electron chi connectivity index (χ2n) is 14.9. The quantitative estimate of drug-likeness (QED) is 0.180. The first-order valence-electron chi connectivity index (χ1n) is 15.0. The molecular formula is C33H44Cl2O6Si. The molecule has 4 aliphatic carbocycles. The Kier molecular flexibility index (Phi) is 7.69. The highest BCUT2D eigenvalue weighted by Gasteiger charge is 2.77. The SMILES string of the molecule is C[C@@H]1C[C@H]2[C@@H]3CCC4=CC(=O)C=C[C@]4(C)[C@@]3(Cl)[C@@H](O[Si](C)(C)C(C)(C)C)C[C@]2(C)[C@@]1(OC(=O)c1ccoc1)C(=O)CCl. The van der Waals surface area contributed by atoms with Crippen LogP contribution in [0.15, 0.2) is 46.8 Å². The van der Waals surface area contributed by atoms with Crippen molar-refractivity contribution in [3.05, 3.63) is 48.0 Å². The maximum Gasteiger partial charge on any atom is 0.342 e. The van der Waals surface area contributed by atoms with Crippen LogP contribution in [0.1, 0.15) is 77.6 Å². The van der Waals surface area contributed by atoms with E-state index in [9.17, 15) is 14.4 Å². The largest absolute Gasteiger partial charge is 0.472 e. The lowest BCUT2D eigenvalue weighted by molar-refractivity contribution is -0.175. The minimum absolute atomic E-state index is 0.0175. The van der Waals surface area contributed by atoms with E-state index in [4.69, 9.17) is 36.8 Å². The molecule has 1 aromatic heterocycles. The molecule has 42 heavy (non-hydrogen) atoms. The lowest BCUT2D eigenvalue weighted by Crippen LogP contribution is -2.71. The summed E-state index contributed by atoms with van der Waals surface area (Å²) >= 11 is 14.4. The summed E-state index contributed by atoms with van der Waals surface area (Å²) in [5, 5.41) is -0.0973. The molecule has 0 amide bonds. The van der Waals surface area contributed by atoms with Crippen molar-refractivity contribution in [3.63, 3.8) is 0 Å². The van der Waals surface area contributed by atoms with Gasteiger partial charge in [-0.3, -0.25) is 9.59 Å². The molecule has 0 bridgehead atoms. The zero-order valence-electron chi connectivity index (χ0n) is 26.0. The molecule has 230 valence electrons. The first-order chi connectivity index (χ1) is 19.4. The molecule has 0 N–H and O–H groups in total. The summed E-state index contributed by atoms with van der Waals surface area (Å²) in [6, 6.07) is 1.54. The number of allylic oxidation sites excluding steroid dienone is 4. The Morgan fingerprint density at radius 1 is 1.19 bits per heavy atom. The average Bonchev–Trinajstić information content (AvgIpc) is 3.51. The van der Waals surface area contributed by atoms with Crippen molar-refractivity contribution in [2.45, 2.75) is 102 Å². The molecule has 5 rings (SSSR count). The standard InChI is InChI=1S/C33H44Cl2O6Si/c1-20-15-25-24-10-9-22-16-23(36)11-13-30(22,5)32(24,35)27(41-42(7,8)29(2,3)4)17-31(25,6)33(20,26(37)18-34)40-28(38)21-12-14-39-19-21/h11-14,16,19-20,24-25,27H,9-10,15,17-18H2,1-8H3/t20-,24+,25+,27+,30+,31+,32+,33+/m1/s1. The molecule has 0 saturated heterocycles. The van der Waals surface area contributed by atoms with Crippen LogP contribution in [0.3, 0.4) is 0 Å². The number of Topliss-reactive ketones (excluding diaryl/α,β-unsaturated/α-hetero) is 1. The maximum atomic E-state index is 14.1. The zero-order valence-corrected chi connectivity index (χ0v) is 28.5. The van der Waals surface area contributed by atoms with Gasteiger partial charge in [-0.25, -0.2) is 4.79 Å². The van der Waals surface area contributed by atoms with E-state index >= 15 is 0 Å². The molecule has 0 aliphatic heterocycles. The normalized spacial score (nSPS) is 39.7. The number of ketones is 2. The number of alkyl halides is 2. The number of hydrogen-bond acceptors (Lipinski definition) is 6. The van der Waals surface area contributed by atoms with E-state index in [1.165, 1.54) is 12.5 Å². The summed E-state index contributed by atoms with van der Waals surface area (Å²) < 4.78 is 18.9. The molecule has 0 aromatic carbocycles. The molecule has 1 aromatic rings. The number of furan rings is 1. The number of hydrogen-bond donors (Lipinski definition) is 0. The number of esters is 1. The van der Waals surface area contributed by atoms with Crippen molar-refractivity contribution in [1.29, 1.82) is 0 Å². The lowest BCUT2D eigenvalue weighted by atomic mass is 9.45. The highest BCUT2D eigenvalue weighted by atomic mass is 35.5. The van der Waals surface area contributed by atoms with Gasteiger partial charge in [0.2, 0.25) is 0 Å². The third-order valence-electron chi connectivity index (χ3n) is 11.9. The highest BCUT2D eigenvalue weighted by Crippen LogP contribution is 2.73. The summed E-state index contributed by atoms with van der Waals surface area (Å²) in [4.78, 5) is 39.2. The number of halogens is 2. The second kappa shape index (κ2) is 10.2. The van der Waals surface area contributed by atoms with Gasteiger partial charge >= 0.3 is 5.97 Å². The molecule has 9 heteroatoms. The molecule has 0 spiro atoms. The summed E-state index contributed by atoms with van der Waals surface area (Å²) in [5.74, 6) is -1.59. The van der Waals surface area contributed by atoms with Crippen LogP contribution in [0.25, 0.3) is 0 Å². The van der Waals surface area contributed by atoms with Crippen molar-refractivity contribution in [2.24, 2.45) is 28.6 Å². The van der Waals surface area contributed by atoms with E-state index < -0.39 is 41.7 Å². The third kappa shape index (κ3) is 4.23. The summed E-state index contributed by atoms with van der Waals surface area (Å²) in [6.07, 6.45) is 10.2. The molecule has 0 unspecified atom stereocenters. The average molecular weight is 636 g/mol. The number of carbonyl (C=O) groups excluding carboxylic acids is 3. The van der Waals surface area contributed by atoms with Gasteiger partial charge in [0, 0.05) is 16.7 Å². The predicted octanol–water partition coefficient (Wildman–Crippen LogP) is 7.90. The van der Waals surface area contributed by atoms with E-state index in [0.717, 1.165) is 18.4 Å².